The lowest BCUT2D eigenvalue weighted by Gasteiger charge is -2.51. The number of carbonyl (C=O) groups is 6. The van der Waals surface area contributed by atoms with Crippen molar-refractivity contribution in [1.82, 2.24) is 10.2 Å². The minimum Gasteiger partial charge on any atom is -0.477 e. The quantitative estimate of drug-likeness (QED) is 0.182. The number of esters is 3. The molecule has 36 heavy (non-hydrogen) atoms. The molecule has 0 aliphatic carbocycles. The second-order valence-corrected chi connectivity index (χ2v) is 10.2. The fourth-order valence-corrected chi connectivity index (χ4v) is 6.25. The maximum absolute atomic E-state index is 12.9. The average Bonchev–Trinajstić information content (AvgIpc) is 3.35. The highest BCUT2D eigenvalue weighted by Gasteiger charge is 2.57. The van der Waals surface area contributed by atoms with E-state index in [9.17, 15) is 33.9 Å². The maximum atomic E-state index is 12.9. The molecule has 2 unspecified atom stereocenters. The molecule has 0 saturated carbocycles. The van der Waals surface area contributed by atoms with E-state index in [1.807, 2.05) is 5.38 Å². The van der Waals surface area contributed by atoms with Gasteiger partial charge in [0.2, 0.25) is 5.91 Å². The summed E-state index contributed by atoms with van der Waals surface area (Å²) >= 11 is 2.45. The fraction of sp³-hybridized carbons (Fsp3) is 0.455. The molecule has 3 atom stereocenters. The number of carboxylic acids is 1. The molecule has 12 nitrogen and oxygen atoms in total. The molecule has 2 aliphatic rings. The van der Waals surface area contributed by atoms with Gasteiger partial charge in [-0.15, -0.1) is 23.1 Å². The minimum absolute atomic E-state index is 0.0356. The Bertz CT molecular complexity index is 1080. The Kier molecular flexibility index (Phi) is 8.74. The number of rotatable bonds is 10. The van der Waals surface area contributed by atoms with Crippen molar-refractivity contribution in [2.75, 3.05) is 20.8 Å². The van der Waals surface area contributed by atoms with Crippen molar-refractivity contribution in [1.29, 1.82) is 0 Å². The van der Waals surface area contributed by atoms with E-state index in [2.05, 4.69) is 5.32 Å². The Hall–Kier alpha value is -3.39. The summed E-state index contributed by atoms with van der Waals surface area (Å²) in [6.07, 6.45) is -0.194. The van der Waals surface area contributed by atoms with E-state index in [1.165, 1.54) is 11.3 Å². The molecule has 2 N–H and O–H groups in total. The number of carbonyl (C=O) groups excluding carboxylic acids is 5. The highest BCUT2D eigenvalue weighted by molar-refractivity contribution is 8.00. The van der Waals surface area contributed by atoms with Gasteiger partial charge in [0.1, 0.15) is 23.7 Å². The zero-order valence-electron chi connectivity index (χ0n) is 19.5. The number of aliphatic carboxylic acids is 1. The molecular weight excluding hydrogens is 516 g/mol. The highest BCUT2D eigenvalue weighted by Crippen LogP contribution is 2.46. The summed E-state index contributed by atoms with van der Waals surface area (Å²) in [5, 5.41) is 12.7. The van der Waals surface area contributed by atoms with Crippen LogP contribution in [0.15, 0.2) is 28.8 Å². The molecule has 0 radical (unpaired) electrons. The Balaban J connectivity index is 1.92. The van der Waals surface area contributed by atoms with Gasteiger partial charge in [-0.25, -0.2) is 4.79 Å². The van der Waals surface area contributed by atoms with Gasteiger partial charge in [0.05, 0.1) is 20.6 Å². The largest absolute Gasteiger partial charge is 0.477 e. The van der Waals surface area contributed by atoms with Gasteiger partial charge in [-0.05, 0) is 17.9 Å². The number of carboxylic acid groups (broad SMARTS) is 1. The molecule has 1 aromatic rings. The average molecular weight is 541 g/mol. The molecule has 3 rings (SSSR count). The number of methoxy groups -OCH3 is 2. The molecule has 1 saturated heterocycles. The molecule has 0 bridgehead atoms. The van der Waals surface area contributed by atoms with Crippen LogP contribution in [0.4, 0.5) is 0 Å². The van der Waals surface area contributed by atoms with Gasteiger partial charge in [0.25, 0.3) is 5.91 Å². The second-order valence-electron chi connectivity index (χ2n) is 7.82. The Morgan fingerprint density at radius 1 is 1.17 bits per heavy atom. The van der Waals surface area contributed by atoms with Crippen LogP contribution in [0.5, 0.6) is 0 Å². The number of fused-ring (bicyclic) bond motifs is 1. The van der Waals surface area contributed by atoms with E-state index >= 15 is 0 Å². The monoisotopic (exact) mass is 540 g/mol. The molecule has 0 aromatic carbocycles. The first kappa shape index (κ1) is 27.2. The zero-order chi connectivity index (χ0) is 26.6. The number of ether oxygens (including phenoxy) is 3. The van der Waals surface area contributed by atoms with E-state index in [0.717, 1.165) is 42.7 Å². The summed E-state index contributed by atoms with van der Waals surface area (Å²) in [7, 11) is 2.19. The van der Waals surface area contributed by atoms with E-state index in [0.29, 0.717) is 0 Å². The lowest BCUT2D eigenvalue weighted by molar-refractivity contribution is -0.159. The number of nitrogens with one attached hydrogen (secondary N) is 1. The van der Waals surface area contributed by atoms with Crippen molar-refractivity contribution in [2.24, 2.45) is 5.92 Å². The first-order valence-corrected chi connectivity index (χ1v) is 12.5. The van der Waals surface area contributed by atoms with Gasteiger partial charge in [0, 0.05) is 22.6 Å². The number of hydrogen-bond donors (Lipinski definition) is 2. The third-order valence-corrected chi connectivity index (χ3v) is 8.01. The summed E-state index contributed by atoms with van der Waals surface area (Å²) in [4.78, 5) is 75.5. The summed E-state index contributed by atoms with van der Waals surface area (Å²) in [6.45, 7) is 0.657. The lowest BCUT2D eigenvalue weighted by Crippen LogP contribution is -2.71. The number of amides is 2. The first-order chi connectivity index (χ1) is 17.1. The molecular formula is C22H24N2O10S2. The van der Waals surface area contributed by atoms with E-state index < -0.39 is 70.6 Å². The van der Waals surface area contributed by atoms with Crippen LogP contribution in [0.25, 0.3) is 0 Å². The second kappa shape index (κ2) is 11.6. The van der Waals surface area contributed by atoms with Gasteiger partial charge in [-0.3, -0.25) is 28.9 Å². The van der Waals surface area contributed by atoms with Crippen LogP contribution in [0, 0.1) is 5.92 Å². The summed E-state index contributed by atoms with van der Waals surface area (Å²) in [5.41, 5.74) is -0.388. The number of hydrogen-bond acceptors (Lipinski definition) is 11. The van der Waals surface area contributed by atoms with Crippen molar-refractivity contribution >= 4 is 58.8 Å². The topological polar surface area (TPSA) is 166 Å². The molecule has 0 spiro atoms. The number of β-lactam (4-membered cyclic amide) rings is 1. The highest BCUT2D eigenvalue weighted by atomic mass is 32.2. The number of thioether (sulfide) groups is 1. The van der Waals surface area contributed by atoms with Crippen LogP contribution in [0.1, 0.15) is 18.2 Å². The van der Waals surface area contributed by atoms with E-state index in [1.54, 1.807) is 12.1 Å². The van der Waals surface area contributed by atoms with Gasteiger partial charge >= 0.3 is 23.9 Å². The van der Waals surface area contributed by atoms with Crippen LogP contribution < -0.4 is 5.32 Å². The van der Waals surface area contributed by atoms with Crippen molar-refractivity contribution in [2.45, 2.75) is 36.4 Å². The molecule has 14 heteroatoms. The third-order valence-electron chi connectivity index (χ3n) is 5.57. The van der Waals surface area contributed by atoms with E-state index in [-0.39, 0.29) is 18.4 Å². The Labute approximate surface area is 213 Å². The smallest absolute Gasteiger partial charge is 0.352 e. The van der Waals surface area contributed by atoms with Gasteiger partial charge in [-0.2, -0.15) is 0 Å². The predicted molar refractivity (Wildman–Crippen MR) is 125 cm³/mol. The van der Waals surface area contributed by atoms with Gasteiger partial charge < -0.3 is 24.6 Å². The molecule has 2 amide bonds. The summed E-state index contributed by atoms with van der Waals surface area (Å²) in [5.74, 6) is -6.38. The van der Waals surface area contributed by atoms with E-state index in [4.69, 9.17) is 14.2 Å². The minimum atomic E-state index is -1.46. The normalized spacial score (nSPS) is 20.8. The first-order valence-electron chi connectivity index (χ1n) is 10.6. The Morgan fingerprint density at radius 3 is 2.36 bits per heavy atom. The Morgan fingerprint density at radius 2 is 1.83 bits per heavy atom. The van der Waals surface area contributed by atoms with Crippen LogP contribution in [-0.4, -0.2) is 83.2 Å². The maximum Gasteiger partial charge on any atom is 0.352 e. The molecule has 1 fully saturated rings. The fourth-order valence-electron chi connectivity index (χ4n) is 3.89. The standard InChI is InChI=1S/C22H24N2O10S2/c1-10(25)34-9-13-14(8-12(21(30)32-2)22(31)33-3)36-19-16(18(27)24(19)17(13)20(28)29)23-15(26)7-11-5-4-6-35-11/h4-6,12,14,16,19H,7-9H2,1-3H3,(H,23,26)(H,28,29)/t14?,16?,19-/m1/s1. The van der Waals surface area contributed by atoms with Crippen LogP contribution >= 0.6 is 23.1 Å². The van der Waals surface area contributed by atoms with Crippen LogP contribution in [0.3, 0.4) is 0 Å². The summed E-state index contributed by atoms with van der Waals surface area (Å²) in [6, 6.07) is 2.54. The summed E-state index contributed by atoms with van der Waals surface area (Å²) < 4.78 is 14.4. The predicted octanol–water partition coefficient (Wildman–Crippen LogP) is 0.313. The van der Waals surface area contributed by atoms with Crippen molar-refractivity contribution in [3.63, 3.8) is 0 Å². The number of thiophene rings is 1. The van der Waals surface area contributed by atoms with Gasteiger partial charge in [-0.1, -0.05) is 6.07 Å². The molecule has 2 aliphatic heterocycles. The lowest BCUT2D eigenvalue weighted by atomic mass is 9.95. The molecule has 1 aromatic heterocycles. The molecule has 194 valence electrons. The van der Waals surface area contributed by atoms with Crippen molar-refractivity contribution in [3.8, 4) is 0 Å². The third kappa shape index (κ3) is 5.70. The zero-order valence-corrected chi connectivity index (χ0v) is 21.2. The van der Waals surface area contributed by atoms with Gasteiger partial charge in [0.15, 0.2) is 5.92 Å². The van der Waals surface area contributed by atoms with Crippen molar-refractivity contribution < 1.29 is 48.1 Å². The SMILES string of the molecule is COC(=O)C(CC1S[C@@H]2C(NC(=O)Cc3cccs3)C(=O)N2C(C(=O)O)=C1COC(C)=O)C(=O)OC. The molecule has 3 heterocycles. The van der Waals surface area contributed by atoms with Crippen LogP contribution in [0.2, 0.25) is 0 Å². The van der Waals surface area contributed by atoms with Crippen LogP contribution in [-0.2, 0) is 49.4 Å². The van der Waals surface area contributed by atoms with Crippen molar-refractivity contribution in [3.05, 3.63) is 33.7 Å². The number of nitrogens with zero attached hydrogens (tertiary/aromatic N) is 1.